The number of aromatic nitrogens is 1. The summed E-state index contributed by atoms with van der Waals surface area (Å²) in [6.45, 7) is 8.21. The number of benzene rings is 1. The molecule has 1 aromatic heterocycles. The van der Waals surface area contributed by atoms with Crippen molar-refractivity contribution in [3.05, 3.63) is 65.5 Å². The van der Waals surface area contributed by atoms with Crippen molar-refractivity contribution in [1.29, 1.82) is 0 Å². The summed E-state index contributed by atoms with van der Waals surface area (Å²) in [7, 11) is 1.33. The lowest BCUT2D eigenvalue weighted by molar-refractivity contribution is 0.0600. The Hall–Kier alpha value is -2.82. The summed E-state index contributed by atoms with van der Waals surface area (Å²) in [5.74, 6) is 0.0265. The number of methoxy groups -OCH3 is 1. The zero-order chi connectivity index (χ0) is 17.7. The smallest absolute Gasteiger partial charge is 0.337 e. The minimum Gasteiger partial charge on any atom is -0.485 e. The lowest BCUT2D eigenvalue weighted by Crippen LogP contribution is -2.13. The topological polar surface area (TPSA) is 57.5 Å². The SMILES string of the molecule is C=CCn1c(C)cc(C(=O)COc2ccc(C(=O)OC)cc2)c1C. The first-order chi connectivity index (χ1) is 11.5. The highest BCUT2D eigenvalue weighted by Gasteiger charge is 2.16. The van der Waals surface area contributed by atoms with Crippen molar-refractivity contribution in [2.45, 2.75) is 20.4 Å². The van der Waals surface area contributed by atoms with Gasteiger partial charge in [0, 0.05) is 23.5 Å². The molecule has 5 heteroatoms. The van der Waals surface area contributed by atoms with Gasteiger partial charge in [-0.05, 0) is 44.2 Å². The first-order valence-corrected chi connectivity index (χ1v) is 7.60. The molecule has 0 aliphatic carbocycles. The average Bonchev–Trinajstić information content (AvgIpc) is 2.88. The van der Waals surface area contributed by atoms with Crippen molar-refractivity contribution in [2.75, 3.05) is 13.7 Å². The summed E-state index contributed by atoms with van der Waals surface area (Å²) in [5, 5.41) is 0. The molecule has 0 aliphatic rings. The van der Waals surface area contributed by atoms with Crippen LogP contribution < -0.4 is 4.74 Å². The number of esters is 1. The van der Waals surface area contributed by atoms with Crippen molar-refractivity contribution < 1.29 is 19.1 Å². The van der Waals surface area contributed by atoms with E-state index in [-0.39, 0.29) is 12.4 Å². The summed E-state index contributed by atoms with van der Waals surface area (Å²) in [5.41, 5.74) is 3.00. The lowest BCUT2D eigenvalue weighted by atomic mass is 10.1. The third-order valence-electron chi connectivity index (χ3n) is 3.83. The number of carbonyl (C=O) groups is 2. The van der Waals surface area contributed by atoms with E-state index in [1.54, 1.807) is 30.3 Å². The first-order valence-electron chi connectivity index (χ1n) is 7.60. The maximum Gasteiger partial charge on any atom is 0.337 e. The molecule has 0 unspecified atom stereocenters. The van der Waals surface area contributed by atoms with Crippen LogP contribution >= 0.6 is 0 Å². The molecule has 0 saturated heterocycles. The van der Waals surface area contributed by atoms with Crippen LogP contribution in [0.25, 0.3) is 0 Å². The van der Waals surface area contributed by atoms with Gasteiger partial charge in [0.15, 0.2) is 6.61 Å². The number of rotatable bonds is 7. The molecular weight excluding hydrogens is 306 g/mol. The number of ether oxygens (including phenoxy) is 2. The predicted octanol–water partition coefficient (Wildman–Crippen LogP) is 3.34. The van der Waals surface area contributed by atoms with Gasteiger partial charge in [0.1, 0.15) is 5.75 Å². The van der Waals surface area contributed by atoms with Gasteiger partial charge in [0.25, 0.3) is 0 Å². The van der Waals surface area contributed by atoms with Crippen LogP contribution in [-0.4, -0.2) is 30.0 Å². The van der Waals surface area contributed by atoms with Crippen LogP contribution in [0.4, 0.5) is 0 Å². The van der Waals surface area contributed by atoms with E-state index >= 15 is 0 Å². The molecule has 5 nitrogen and oxygen atoms in total. The fraction of sp³-hybridized carbons (Fsp3) is 0.263. The molecule has 0 bridgehead atoms. The predicted molar refractivity (Wildman–Crippen MR) is 91.7 cm³/mol. The molecule has 0 N–H and O–H groups in total. The molecule has 1 aromatic carbocycles. The number of aryl methyl sites for hydroxylation is 1. The number of allylic oxidation sites excluding steroid dienone is 1. The third-order valence-corrected chi connectivity index (χ3v) is 3.83. The largest absolute Gasteiger partial charge is 0.485 e. The van der Waals surface area contributed by atoms with E-state index in [0.717, 1.165) is 11.4 Å². The van der Waals surface area contributed by atoms with E-state index in [1.165, 1.54) is 7.11 Å². The van der Waals surface area contributed by atoms with Crippen molar-refractivity contribution in [3.8, 4) is 5.75 Å². The highest BCUT2D eigenvalue weighted by molar-refractivity contribution is 5.98. The van der Waals surface area contributed by atoms with Crippen LogP contribution in [0.5, 0.6) is 5.75 Å². The minimum atomic E-state index is -0.410. The van der Waals surface area contributed by atoms with Gasteiger partial charge in [0.05, 0.1) is 12.7 Å². The fourth-order valence-corrected chi connectivity index (χ4v) is 2.53. The molecule has 1 heterocycles. The Morgan fingerprint density at radius 1 is 1.21 bits per heavy atom. The standard InChI is InChI=1S/C19H21NO4/c1-5-10-20-13(2)11-17(14(20)3)18(21)12-24-16-8-6-15(7-9-16)19(22)23-4/h5-9,11H,1,10,12H2,2-4H3. The number of Topliss-reactive ketones (excluding diaryl/α,β-unsaturated/α-hetero) is 1. The van der Waals surface area contributed by atoms with Crippen molar-refractivity contribution in [3.63, 3.8) is 0 Å². The number of carbonyl (C=O) groups excluding carboxylic acids is 2. The number of hydrogen-bond donors (Lipinski definition) is 0. The zero-order valence-corrected chi connectivity index (χ0v) is 14.2. The molecule has 0 fully saturated rings. The van der Waals surface area contributed by atoms with Gasteiger partial charge in [-0.1, -0.05) is 6.08 Å². The van der Waals surface area contributed by atoms with Crippen LogP contribution in [0.3, 0.4) is 0 Å². The molecule has 0 aliphatic heterocycles. The second kappa shape index (κ2) is 7.64. The van der Waals surface area contributed by atoms with E-state index in [4.69, 9.17) is 4.74 Å². The lowest BCUT2D eigenvalue weighted by Gasteiger charge is -2.08. The van der Waals surface area contributed by atoms with Crippen LogP contribution in [0, 0.1) is 13.8 Å². The number of hydrogen-bond acceptors (Lipinski definition) is 4. The van der Waals surface area contributed by atoms with Gasteiger partial charge in [-0.15, -0.1) is 6.58 Å². The van der Waals surface area contributed by atoms with E-state index in [2.05, 4.69) is 11.3 Å². The summed E-state index contributed by atoms with van der Waals surface area (Å²) in [6, 6.07) is 8.34. The maximum absolute atomic E-state index is 12.4. The summed E-state index contributed by atoms with van der Waals surface area (Å²) in [6.07, 6.45) is 1.80. The third kappa shape index (κ3) is 3.74. The summed E-state index contributed by atoms with van der Waals surface area (Å²) < 4.78 is 12.2. The van der Waals surface area contributed by atoms with Crippen LogP contribution in [0.1, 0.15) is 32.1 Å². The Morgan fingerprint density at radius 3 is 2.46 bits per heavy atom. The highest BCUT2D eigenvalue weighted by Crippen LogP contribution is 2.17. The van der Waals surface area contributed by atoms with E-state index in [9.17, 15) is 9.59 Å². The van der Waals surface area contributed by atoms with Crippen LogP contribution in [-0.2, 0) is 11.3 Å². The van der Waals surface area contributed by atoms with Gasteiger partial charge < -0.3 is 14.0 Å². The number of ketones is 1. The Kier molecular flexibility index (Phi) is 5.58. The molecule has 0 radical (unpaired) electrons. The molecule has 126 valence electrons. The molecule has 24 heavy (non-hydrogen) atoms. The molecule has 2 rings (SSSR count). The highest BCUT2D eigenvalue weighted by atomic mass is 16.5. The normalized spacial score (nSPS) is 10.3. The van der Waals surface area contributed by atoms with Gasteiger partial charge in [0.2, 0.25) is 5.78 Å². The molecule has 0 saturated carbocycles. The summed E-state index contributed by atoms with van der Waals surface area (Å²) >= 11 is 0. The van der Waals surface area contributed by atoms with Crippen molar-refractivity contribution in [2.24, 2.45) is 0 Å². The van der Waals surface area contributed by atoms with Gasteiger partial charge in [-0.25, -0.2) is 4.79 Å². The second-order valence-corrected chi connectivity index (χ2v) is 5.41. The quantitative estimate of drug-likeness (QED) is 0.445. The number of nitrogens with zero attached hydrogens (tertiary/aromatic N) is 1. The fourth-order valence-electron chi connectivity index (χ4n) is 2.53. The van der Waals surface area contributed by atoms with Crippen LogP contribution in [0.15, 0.2) is 43.0 Å². The minimum absolute atomic E-state index is 0.0596. The molecule has 0 atom stereocenters. The second-order valence-electron chi connectivity index (χ2n) is 5.41. The van der Waals surface area contributed by atoms with Gasteiger partial charge in [-0.3, -0.25) is 4.79 Å². The Bertz CT molecular complexity index is 756. The maximum atomic E-state index is 12.4. The van der Waals surface area contributed by atoms with Crippen LogP contribution in [0.2, 0.25) is 0 Å². The van der Waals surface area contributed by atoms with Gasteiger partial charge >= 0.3 is 5.97 Å². The zero-order valence-electron chi connectivity index (χ0n) is 14.2. The molecule has 2 aromatic rings. The Labute approximate surface area is 141 Å². The molecular formula is C19H21NO4. The Balaban J connectivity index is 2.04. The van der Waals surface area contributed by atoms with Gasteiger partial charge in [-0.2, -0.15) is 0 Å². The Morgan fingerprint density at radius 2 is 1.88 bits per heavy atom. The van der Waals surface area contributed by atoms with Crippen molar-refractivity contribution in [1.82, 2.24) is 4.57 Å². The van der Waals surface area contributed by atoms with E-state index in [0.29, 0.717) is 23.4 Å². The van der Waals surface area contributed by atoms with E-state index in [1.807, 2.05) is 24.5 Å². The monoisotopic (exact) mass is 327 g/mol. The van der Waals surface area contributed by atoms with E-state index < -0.39 is 5.97 Å². The first kappa shape index (κ1) is 17.5. The molecule has 0 spiro atoms. The van der Waals surface area contributed by atoms with Crippen molar-refractivity contribution >= 4 is 11.8 Å². The molecule has 0 amide bonds. The summed E-state index contributed by atoms with van der Waals surface area (Å²) in [4.78, 5) is 23.8. The average molecular weight is 327 g/mol.